The summed E-state index contributed by atoms with van der Waals surface area (Å²) in [6.07, 6.45) is 0.438. The number of piperazine rings is 1. The first-order chi connectivity index (χ1) is 14.5. The van der Waals surface area contributed by atoms with Crippen LogP contribution in [0, 0.1) is 6.92 Å². The van der Waals surface area contributed by atoms with Gasteiger partial charge in [0.15, 0.2) is 0 Å². The van der Waals surface area contributed by atoms with Gasteiger partial charge in [-0.05, 0) is 37.5 Å². The molecule has 0 saturated carbocycles. The highest BCUT2D eigenvalue weighted by molar-refractivity contribution is 5.83. The largest absolute Gasteiger partial charge is 0.342 e. The lowest BCUT2D eigenvalue weighted by Gasteiger charge is -2.40. The molecule has 5 heteroatoms. The van der Waals surface area contributed by atoms with Gasteiger partial charge >= 0.3 is 0 Å². The fourth-order valence-electron chi connectivity index (χ4n) is 4.17. The molecule has 0 bridgehead atoms. The average molecular weight is 408 g/mol. The van der Waals surface area contributed by atoms with Crippen molar-refractivity contribution in [2.45, 2.75) is 33.2 Å². The number of amides is 2. The molecule has 160 valence electrons. The number of benzene rings is 2. The van der Waals surface area contributed by atoms with Crippen LogP contribution >= 0.6 is 0 Å². The number of likely N-dealkylation sites (N-methyl/N-ethyl adjacent to an activating group) is 1. The second-order valence-corrected chi connectivity index (χ2v) is 7.84. The molecule has 1 fully saturated rings. The van der Waals surface area contributed by atoms with Crippen LogP contribution in [0.2, 0.25) is 0 Å². The highest BCUT2D eigenvalue weighted by Gasteiger charge is 2.33. The van der Waals surface area contributed by atoms with E-state index in [0.717, 1.165) is 16.7 Å². The van der Waals surface area contributed by atoms with Gasteiger partial charge in [0.1, 0.15) is 6.04 Å². The fourth-order valence-corrected chi connectivity index (χ4v) is 4.17. The topological polar surface area (TPSA) is 43.9 Å². The summed E-state index contributed by atoms with van der Waals surface area (Å²) in [5, 5.41) is 0. The molecule has 2 aromatic carbocycles. The maximum atomic E-state index is 13.3. The third-order valence-corrected chi connectivity index (χ3v) is 6.06. The van der Waals surface area contributed by atoms with Crippen molar-refractivity contribution < 1.29 is 9.59 Å². The van der Waals surface area contributed by atoms with Crippen molar-refractivity contribution in [2.24, 2.45) is 0 Å². The maximum absolute atomic E-state index is 13.3. The first kappa shape index (κ1) is 22.0. The molecule has 1 atom stereocenters. The Morgan fingerprint density at radius 1 is 0.900 bits per heavy atom. The van der Waals surface area contributed by atoms with Crippen LogP contribution in [0.25, 0.3) is 0 Å². The second kappa shape index (κ2) is 10.4. The molecule has 1 aliphatic rings. The van der Waals surface area contributed by atoms with Crippen molar-refractivity contribution in [1.82, 2.24) is 14.7 Å². The lowest BCUT2D eigenvalue weighted by molar-refractivity contribution is -0.139. The van der Waals surface area contributed by atoms with E-state index in [4.69, 9.17) is 0 Å². The molecular weight excluding hydrogens is 374 g/mol. The zero-order valence-electron chi connectivity index (χ0n) is 18.4. The maximum Gasteiger partial charge on any atom is 0.244 e. The number of carbonyl (C=O) groups excluding carboxylic acids is 2. The summed E-state index contributed by atoms with van der Waals surface area (Å²) in [7, 11) is 0. The first-order valence-corrected chi connectivity index (χ1v) is 10.9. The van der Waals surface area contributed by atoms with Crippen LogP contribution in [0.15, 0.2) is 54.6 Å². The molecule has 5 nitrogen and oxygen atoms in total. The van der Waals surface area contributed by atoms with Crippen LogP contribution in [0.4, 0.5) is 0 Å². The monoisotopic (exact) mass is 407 g/mol. The van der Waals surface area contributed by atoms with Crippen molar-refractivity contribution in [1.29, 1.82) is 0 Å². The Morgan fingerprint density at radius 3 is 2.10 bits per heavy atom. The SMILES string of the molecule is CCN(CC)C(=O)C(c1ccccc1)N1CCN(C(=O)Cc2ccccc2C)CC1. The third kappa shape index (κ3) is 5.08. The number of hydrogen-bond donors (Lipinski definition) is 0. The molecule has 1 heterocycles. The van der Waals surface area contributed by atoms with Gasteiger partial charge in [-0.1, -0.05) is 54.6 Å². The van der Waals surface area contributed by atoms with E-state index in [1.165, 1.54) is 0 Å². The Balaban J connectivity index is 1.69. The number of hydrogen-bond acceptors (Lipinski definition) is 3. The van der Waals surface area contributed by atoms with Gasteiger partial charge in [0.25, 0.3) is 0 Å². The lowest BCUT2D eigenvalue weighted by Crippen LogP contribution is -2.53. The van der Waals surface area contributed by atoms with Crippen molar-refractivity contribution in [3.05, 3.63) is 71.3 Å². The van der Waals surface area contributed by atoms with Crippen LogP contribution in [0.5, 0.6) is 0 Å². The number of nitrogens with zero attached hydrogens (tertiary/aromatic N) is 3. The molecule has 0 spiro atoms. The lowest BCUT2D eigenvalue weighted by atomic mass is 10.0. The van der Waals surface area contributed by atoms with Crippen molar-refractivity contribution in [3.63, 3.8) is 0 Å². The highest BCUT2D eigenvalue weighted by Crippen LogP contribution is 2.25. The van der Waals surface area contributed by atoms with Crippen LogP contribution < -0.4 is 0 Å². The minimum absolute atomic E-state index is 0.144. The van der Waals surface area contributed by atoms with Gasteiger partial charge in [-0.25, -0.2) is 0 Å². The van der Waals surface area contributed by atoms with Gasteiger partial charge in [0.05, 0.1) is 6.42 Å². The van der Waals surface area contributed by atoms with E-state index < -0.39 is 0 Å². The smallest absolute Gasteiger partial charge is 0.244 e. The van der Waals surface area contributed by atoms with Gasteiger partial charge in [-0.15, -0.1) is 0 Å². The van der Waals surface area contributed by atoms with E-state index in [1.54, 1.807) is 0 Å². The Labute approximate surface area is 180 Å². The Kier molecular flexibility index (Phi) is 7.63. The minimum Gasteiger partial charge on any atom is -0.342 e. The Bertz CT molecular complexity index is 840. The molecule has 0 N–H and O–H groups in total. The quantitative estimate of drug-likeness (QED) is 0.707. The molecule has 1 saturated heterocycles. The molecule has 0 aliphatic carbocycles. The van der Waals surface area contributed by atoms with Crippen LogP contribution in [0.3, 0.4) is 0 Å². The summed E-state index contributed by atoms with van der Waals surface area (Å²) >= 11 is 0. The number of carbonyl (C=O) groups is 2. The Hall–Kier alpha value is -2.66. The van der Waals surface area contributed by atoms with Crippen LogP contribution in [0.1, 0.15) is 36.6 Å². The normalized spacial score (nSPS) is 15.6. The van der Waals surface area contributed by atoms with Gasteiger partial charge in [-0.2, -0.15) is 0 Å². The molecule has 3 rings (SSSR count). The fraction of sp³-hybridized carbons (Fsp3) is 0.440. The number of rotatable bonds is 7. The second-order valence-electron chi connectivity index (χ2n) is 7.84. The molecule has 0 aromatic heterocycles. The zero-order chi connectivity index (χ0) is 21.5. The molecular formula is C25H33N3O2. The van der Waals surface area contributed by atoms with Crippen LogP contribution in [-0.4, -0.2) is 65.8 Å². The van der Waals surface area contributed by atoms with E-state index in [2.05, 4.69) is 4.90 Å². The Morgan fingerprint density at radius 2 is 1.50 bits per heavy atom. The summed E-state index contributed by atoms with van der Waals surface area (Å²) in [5.74, 6) is 0.307. The molecule has 1 aliphatic heterocycles. The molecule has 1 unspecified atom stereocenters. The standard InChI is InChI=1S/C25H33N3O2/c1-4-26(5-2)25(30)24(21-12-7-6-8-13-21)28-17-15-27(16-18-28)23(29)19-22-14-10-9-11-20(22)3/h6-14,24H,4-5,15-19H2,1-3H3. The van der Waals surface area contributed by atoms with Crippen molar-refractivity contribution >= 4 is 11.8 Å². The summed E-state index contributed by atoms with van der Waals surface area (Å²) in [5.41, 5.74) is 3.26. The summed E-state index contributed by atoms with van der Waals surface area (Å²) in [6, 6.07) is 17.8. The predicted molar refractivity (Wildman–Crippen MR) is 120 cm³/mol. The van der Waals surface area contributed by atoms with E-state index in [0.29, 0.717) is 45.7 Å². The van der Waals surface area contributed by atoms with E-state index in [-0.39, 0.29) is 17.9 Å². The summed E-state index contributed by atoms with van der Waals surface area (Å²) in [4.78, 5) is 32.2. The van der Waals surface area contributed by atoms with E-state index in [9.17, 15) is 9.59 Å². The summed E-state index contributed by atoms with van der Waals surface area (Å²) in [6.45, 7) is 10.2. The minimum atomic E-state index is -0.292. The van der Waals surface area contributed by atoms with Crippen LogP contribution in [-0.2, 0) is 16.0 Å². The first-order valence-electron chi connectivity index (χ1n) is 10.9. The van der Waals surface area contributed by atoms with Gasteiger partial charge in [0, 0.05) is 39.3 Å². The van der Waals surface area contributed by atoms with Gasteiger partial charge in [0.2, 0.25) is 11.8 Å². The predicted octanol–water partition coefficient (Wildman–Crippen LogP) is 3.29. The molecule has 2 amide bonds. The van der Waals surface area contributed by atoms with Gasteiger partial charge < -0.3 is 9.80 Å². The zero-order valence-corrected chi connectivity index (χ0v) is 18.4. The third-order valence-electron chi connectivity index (χ3n) is 6.06. The molecule has 0 radical (unpaired) electrons. The average Bonchev–Trinajstić information content (AvgIpc) is 2.77. The molecule has 30 heavy (non-hydrogen) atoms. The van der Waals surface area contributed by atoms with Crippen molar-refractivity contribution in [2.75, 3.05) is 39.3 Å². The van der Waals surface area contributed by atoms with Crippen molar-refractivity contribution in [3.8, 4) is 0 Å². The van der Waals surface area contributed by atoms with E-state index >= 15 is 0 Å². The van der Waals surface area contributed by atoms with Gasteiger partial charge in [-0.3, -0.25) is 14.5 Å². The highest BCUT2D eigenvalue weighted by atomic mass is 16.2. The number of aryl methyl sites for hydroxylation is 1. The molecule has 2 aromatic rings. The summed E-state index contributed by atoms with van der Waals surface area (Å²) < 4.78 is 0. The van der Waals surface area contributed by atoms with E-state index in [1.807, 2.05) is 85.2 Å².